The van der Waals surface area contributed by atoms with Crippen molar-refractivity contribution in [3.8, 4) is 0 Å². The van der Waals surface area contributed by atoms with Gasteiger partial charge in [0.15, 0.2) is 0 Å². The Morgan fingerprint density at radius 1 is 1.50 bits per heavy atom. The number of nitrogens with two attached hydrogens (primary N) is 1. The lowest BCUT2D eigenvalue weighted by Gasteiger charge is -2.25. The van der Waals surface area contributed by atoms with Crippen LogP contribution in [0.4, 0.5) is 0 Å². The molecule has 1 heterocycles. The van der Waals surface area contributed by atoms with Crippen molar-refractivity contribution < 1.29 is 4.74 Å². The van der Waals surface area contributed by atoms with Crippen molar-refractivity contribution in [2.24, 2.45) is 5.73 Å². The van der Waals surface area contributed by atoms with Gasteiger partial charge < -0.3 is 10.5 Å². The zero-order valence-electron chi connectivity index (χ0n) is 8.82. The Balaban J connectivity index is 2.27. The van der Waals surface area contributed by atoms with Crippen molar-refractivity contribution in [3.63, 3.8) is 0 Å². The van der Waals surface area contributed by atoms with Crippen LogP contribution in [0.25, 0.3) is 0 Å². The molecule has 0 aliphatic carbocycles. The molecule has 0 atom stereocenters. The Hall–Kier alpha value is -0.450. The Labute approximate surface area is 89.3 Å². The molecular weight excluding hydrogens is 196 g/mol. The lowest BCUT2D eigenvalue weighted by Crippen LogP contribution is -2.43. The molecule has 1 rings (SSSR count). The van der Waals surface area contributed by atoms with Crippen LogP contribution in [-0.4, -0.2) is 17.1 Å². The van der Waals surface area contributed by atoms with Gasteiger partial charge in [-0.15, -0.1) is 11.3 Å². The highest BCUT2D eigenvalue weighted by atomic mass is 32.1. The van der Waals surface area contributed by atoms with E-state index in [4.69, 9.17) is 10.5 Å². The molecule has 0 saturated carbocycles. The maximum atomic E-state index is 6.10. The van der Waals surface area contributed by atoms with Crippen LogP contribution in [0.15, 0.2) is 11.7 Å². The molecule has 1 aromatic rings. The second-order valence-corrected chi connectivity index (χ2v) is 4.50. The lowest BCUT2D eigenvalue weighted by atomic mass is 9.96. The highest BCUT2D eigenvalue weighted by Crippen LogP contribution is 2.13. The van der Waals surface area contributed by atoms with Gasteiger partial charge in [0.05, 0.1) is 23.6 Å². The van der Waals surface area contributed by atoms with Crippen LogP contribution in [-0.2, 0) is 11.3 Å². The summed E-state index contributed by atoms with van der Waals surface area (Å²) < 4.78 is 5.57. The summed E-state index contributed by atoms with van der Waals surface area (Å²) in [5.74, 6) is 0. The standard InChI is InChI=1S/C10H18N2OS/c1-3-10(11,4-2)7-13-6-9-5-12-8-14-9/h5,8H,3-4,6-7,11H2,1-2H3. The van der Waals surface area contributed by atoms with Gasteiger partial charge in [-0.05, 0) is 12.8 Å². The molecule has 0 aliphatic rings. The largest absolute Gasteiger partial charge is 0.374 e. The van der Waals surface area contributed by atoms with Crippen molar-refractivity contribution in [1.29, 1.82) is 0 Å². The van der Waals surface area contributed by atoms with Gasteiger partial charge in [-0.1, -0.05) is 13.8 Å². The molecular formula is C10H18N2OS. The van der Waals surface area contributed by atoms with Crippen molar-refractivity contribution in [1.82, 2.24) is 4.98 Å². The topological polar surface area (TPSA) is 48.1 Å². The molecule has 0 saturated heterocycles. The van der Waals surface area contributed by atoms with E-state index in [1.807, 2.05) is 11.7 Å². The SMILES string of the molecule is CCC(N)(CC)COCc1cncs1. The summed E-state index contributed by atoms with van der Waals surface area (Å²) in [4.78, 5) is 5.14. The van der Waals surface area contributed by atoms with E-state index in [0.717, 1.165) is 17.7 Å². The fourth-order valence-corrected chi connectivity index (χ4v) is 1.65. The highest BCUT2D eigenvalue weighted by Gasteiger charge is 2.20. The number of ether oxygens (including phenoxy) is 1. The van der Waals surface area contributed by atoms with E-state index < -0.39 is 0 Å². The minimum Gasteiger partial charge on any atom is -0.374 e. The van der Waals surface area contributed by atoms with Gasteiger partial charge in [0.2, 0.25) is 0 Å². The molecule has 0 bridgehead atoms. The van der Waals surface area contributed by atoms with Gasteiger partial charge in [0.25, 0.3) is 0 Å². The first-order chi connectivity index (χ1) is 6.70. The van der Waals surface area contributed by atoms with Crippen molar-refractivity contribution >= 4 is 11.3 Å². The summed E-state index contributed by atoms with van der Waals surface area (Å²) in [5, 5.41) is 0. The Bertz CT molecular complexity index is 245. The van der Waals surface area contributed by atoms with Crippen LogP contribution in [0, 0.1) is 0 Å². The molecule has 4 heteroatoms. The average Bonchev–Trinajstić information content (AvgIpc) is 2.70. The molecule has 3 nitrogen and oxygen atoms in total. The third kappa shape index (κ3) is 3.36. The van der Waals surface area contributed by atoms with E-state index in [0.29, 0.717) is 13.2 Å². The molecule has 14 heavy (non-hydrogen) atoms. The second-order valence-electron chi connectivity index (χ2n) is 3.53. The van der Waals surface area contributed by atoms with E-state index >= 15 is 0 Å². The minimum atomic E-state index is -0.162. The van der Waals surface area contributed by atoms with Crippen molar-refractivity contribution in [2.45, 2.75) is 38.8 Å². The monoisotopic (exact) mass is 214 g/mol. The second kappa shape index (κ2) is 5.44. The molecule has 0 fully saturated rings. The number of rotatable bonds is 6. The predicted octanol–water partition coefficient (Wildman–Crippen LogP) is 2.18. The van der Waals surface area contributed by atoms with Crippen LogP contribution in [0.3, 0.4) is 0 Å². The molecule has 1 aromatic heterocycles. The highest BCUT2D eigenvalue weighted by molar-refractivity contribution is 7.09. The van der Waals surface area contributed by atoms with Gasteiger partial charge in [0.1, 0.15) is 0 Å². The molecule has 0 aliphatic heterocycles. The van der Waals surface area contributed by atoms with Crippen LogP contribution in [0.5, 0.6) is 0 Å². The lowest BCUT2D eigenvalue weighted by molar-refractivity contribution is 0.0711. The van der Waals surface area contributed by atoms with Crippen LogP contribution < -0.4 is 5.73 Å². The first kappa shape index (κ1) is 11.6. The fourth-order valence-electron chi connectivity index (χ4n) is 1.12. The fraction of sp³-hybridized carbons (Fsp3) is 0.700. The number of hydrogen-bond donors (Lipinski definition) is 1. The van der Waals surface area contributed by atoms with Crippen molar-refractivity contribution in [3.05, 3.63) is 16.6 Å². The Kier molecular flexibility index (Phi) is 4.51. The zero-order valence-corrected chi connectivity index (χ0v) is 9.64. The summed E-state index contributed by atoms with van der Waals surface area (Å²) in [6.07, 6.45) is 3.74. The summed E-state index contributed by atoms with van der Waals surface area (Å²) >= 11 is 1.61. The molecule has 0 radical (unpaired) electrons. The molecule has 0 spiro atoms. The van der Waals surface area contributed by atoms with Crippen molar-refractivity contribution in [2.75, 3.05) is 6.61 Å². The van der Waals surface area contributed by atoms with E-state index in [-0.39, 0.29) is 5.54 Å². The molecule has 0 unspecified atom stereocenters. The third-order valence-corrected chi connectivity index (χ3v) is 3.28. The van der Waals surface area contributed by atoms with Gasteiger partial charge in [-0.3, -0.25) is 4.98 Å². The van der Waals surface area contributed by atoms with E-state index in [1.165, 1.54) is 0 Å². The normalized spacial score (nSPS) is 11.9. The van der Waals surface area contributed by atoms with Crippen LogP contribution in [0.1, 0.15) is 31.6 Å². The smallest absolute Gasteiger partial charge is 0.0826 e. The zero-order chi connectivity index (χ0) is 10.4. The van der Waals surface area contributed by atoms with E-state index in [2.05, 4.69) is 18.8 Å². The third-order valence-electron chi connectivity index (χ3n) is 2.53. The molecule has 2 N–H and O–H groups in total. The Morgan fingerprint density at radius 2 is 2.21 bits per heavy atom. The van der Waals surface area contributed by atoms with E-state index in [9.17, 15) is 0 Å². The van der Waals surface area contributed by atoms with E-state index in [1.54, 1.807) is 11.3 Å². The summed E-state index contributed by atoms with van der Waals surface area (Å²) in [6.45, 7) is 5.45. The van der Waals surface area contributed by atoms with Gasteiger partial charge in [0, 0.05) is 11.7 Å². The number of hydrogen-bond acceptors (Lipinski definition) is 4. The summed E-state index contributed by atoms with van der Waals surface area (Å²) in [6, 6.07) is 0. The van der Waals surface area contributed by atoms with Crippen LogP contribution >= 0.6 is 11.3 Å². The summed E-state index contributed by atoms with van der Waals surface area (Å²) in [7, 11) is 0. The molecule has 80 valence electrons. The molecule has 0 aromatic carbocycles. The first-order valence-corrected chi connectivity index (χ1v) is 5.82. The quantitative estimate of drug-likeness (QED) is 0.789. The number of thiazole rings is 1. The predicted molar refractivity (Wildman–Crippen MR) is 59.3 cm³/mol. The first-order valence-electron chi connectivity index (χ1n) is 4.94. The summed E-state index contributed by atoms with van der Waals surface area (Å²) in [5.41, 5.74) is 7.75. The van der Waals surface area contributed by atoms with Gasteiger partial charge in [-0.25, -0.2) is 0 Å². The molecule has 0 amide bonds. The number of nitrogens with zero attached hydrogens (tertiary/aromatic N) is 1. The van der Waals surface area contributed by atoms with Gasteiger partial charge >= 0.3 is 0 Å². The average molecular weight is 214 g/mol. The van der Waals surface area contributed by atoms with Gasteiger partial charge in [-0.2, -0.15) is 0 Å². The number of aromatic nitrogens is 1. The maximum absolute atomic E-state index is 6.10. The minimum absolute atomic E-state index is 0.162. The van der Waals surface area contributed by atoms with Crippen LogP contribution in [0.2, 0.25) is 0 Å². The Morgan fingerprint density at radius 3 is 2.71 bits per heavy atom. The maximum Gasteiger partial charge on any atom is 0.0826 e.